The molecular weight excluding hydrogens is 328 g/mol. The van der Waals surface area contributed by atoms with E-state index in [1.54, 1.807) is 19.0 Å². The minimum atomic E-state index is -0.431. The van der Waals surface area contributed by atoms with Gasteiger partial charge in [-0.1, -0.05) is 60.7 Å². The molecule has 1 atom stereocenters. The largest absolute Gasteiger partial charge is 0.445 e. The summed E-state index contributed by atoms with van der Waals surface area (Å²) in [6, 6.07) is 19.1. The van der Waals surface area contributed by atoms with Crippen LogP contribution in [0.2, 0.25) is 0 Å². The van der Waals surface area contributed by atoms with E-state index in [0.29, 0.717) is 6.54 Å². The van der Waals surface area contributed by atoms with Crippen molar-refractivity contribution in [2.45, 2.75) is 32.5 Å². The Bertz CT molecular complexity index is 704. The van der Waals surface area contributed by atoms with Crippen LogP contribution in [0.5, 0.6) is 0 Å². The van der Waals surface area contributed by atoms with Gasteiger partial charge in [0.05, 0.1) is 0 Å². The highest BCUT2D eigenvalue weighted by Gasteiger charge is 2.21. The molecule has 5 heteroatoms. The van der Waals surface area contributed by atoms with Gasteiger partial charge in [-0.2, -0.15) is 0 Å². The van der Waals surface area contributed by atoms with Crippen LogP contribution in [-0.2, 0) is 22.7 Å². The Morgan fingerprint density at radius 2 is 1.46 bits per heavy atom. The van der Waals surface area contributed by atoms with Crippen molar-refractivity contribution in [2.24, 2.45) is 0 Å². The van der Waals surface area contributed by atoms with Crippen LogP contribution in [0, 0.1) is 0 Å². The minimum absolute atomic E-state index is 0.0101. The summed E-state index contributed by atoms with van der Waals surface area (Å²) in [5.74, 6) is -0.0101. The third-order valence-corrected chi connectivity index (χ3v) is 4.31. The lowest BCUT2D eigenvalue weighted by Crippen LogP contribution is -2.39. The predicted octanol–water partition coefficient (Wildman–Crippen LogP) is 3.69. The average molecular weight is 354 g/mol. The number of hydrogen-bond acceptors (Lipinski definition) is 3. The van der Waals surface area contributed by atoms with Gasteiger partial charge in [-0.25, -0.2) is 4.79 Å². The second-order valence-electron chi connectivity index (χ2n) is 6.44. The zero-order valence-corrected chi connectivity index (χ0v) is 15.6. The molecule has 5 nitrogen and oxygen atoms in total. The van der Waals surface area contributed by atoms with E-state index in [9.17, 15) is 9.59 Å². The fourth-order valence-electron chi connectivity index (χ4n) is 2.49. The number of benzene rings is 2. The monoisotopic (exact) mass is 354 g/mol. The molecule has 2 aromatic carbocycles. The van der Waals surface area contributed by atoms with Crippen LogP contribution in [0.15, 0.2) is 60.7 Å². The second-order valence-corrected chi connectivity index (χ2v) is 6.44. The molecule has 2 aromatic rings. The molecule has 0 aromatic heterocycles. The first kappa shape index (κ1) is 19.5. The summed E-state index contributed by atoms with van der Waals surface area (Å²) in [6.07, 6.45) is -0.180. The quantitative estimate of drug-likeness (QED) is 0.762. The van der Waals surface area contributed by atoms with Crippen LogP contribution < -0.4 is 0 Å². The van der Waals surface area contributed by atoms with Gasteiger partial charge in [0.2, 0.25) is 5.91 Å². The molecule has 0 saturated heterocycles. The molecule has 1 unspecified atom stereocenters. The van der Waals surface area contributed by atoms with Crippen LogP contribution in [-0.4, -0.2) is 41.9 Å². The number of amides is 2. The highest BCUT2D eigenvalue weighted by atomic mass is 16.6. The third-order valence-electron chi connectivity index (χ3n) is 4.31. The molecule has 0 saturated carbocycles. The lowest BCUT2D eigenvalue weighted by Gasteiger charge is -2.26. The standard InChI is InChI=1S/C21H26N2O3/c1-17(14-20(24)22(2)15-18-10-6-4-7-11-18)23(3)21(25)26-16-19-12-8-5-9-13-19/h4-13,17H,14-16H2,1-3H3. The fourth-order valence-corrected chi connectivity index (χ4v) is 2.49. The normalized spacial score (nSPS) is 11.5. The lowest BCUT2D eigenvalue weighted by molar-refractivity contribution is -0.131. The molecule has 2 amide bonds. The van der Waals surface area contributed by atoms with Gasteiger partial charge in [-0.3, -0.25) is 4.79 Å². The van der Waals surface area contributed by atoms with Gasteiger partial charge in [0.15, 0.2) is 0 Å². The smallest absolute Gasteiger partial charge is 0.410 e. The third kappa shape index (κ3) is 5.92. The van der Waals surface area contributed by atoms with E-state index < -0.39 is 6.09 Å². The minimum Gasteiger partial charge on any atom is -0.445 e. The van der Waals surface area contributed by atoms with Gasteiger partial charge >= 0.3 is 6.09 Å². The number of hydrogen-bond donors (Lipinski definition) is 0. The summed E-state index contributed by atoms with van der Waals surface area (Å²) in [6.45, 7) is 2.62. The maximum absolute atomic E-state index is 12.4. The molecular formula is C21H26N2O3. The van der Waals surface area contributed by atoms with E-state index in [1.807, 2.05) is 67.6 Å². The summed E-state index contributed by atoms with van der Waals surface area (Å²) in [5, 5.41) is 0. The SMILES string of the molecule is CC(CC(=O)N(C)Cc1ccccc1)N(C)C(=O)OCc1ccccc1. The van der Waals surface area contributed by atoms with Crippen molar-refractivity contribution < 1.29 is 14.3 Å². The molecule has 2 rings (SSSR count). The van der Waals surface area contributed by atoms with Crippen LogP contribution in [0.3, 0.4) is 0 Å². The number of nitrogens with zero attached hydrogens (tertiary/aromatic N) is 2. The van der Waals surface area contributed by atoms with Crippen molar-refractivity contribution in [3.8, 4) is 0 Å². The topological polar surface area (TPSA) is 49.9 Å². The molecule has 0 aliphatic rings. The van der Waals surface area contributed by atoms with E-state index in [-0.39, 0.29) is 25.0 Å². The van der Waals surface area contributed by atoms with Crippen LogP contribution in [0.4, 0.5) is 4.79 Å². The van der Waals surface area contributed by atoms with Gasteiger partial charge in [0, 0.05) is 33.1 Å². The zero-order chi connectivity index (χ0) is 18.9. The number of carbonyl (C=O) groups excluding carboxylic acids is 2. The first-order valence-electron chi connectivity index (χ1n) is 8.68. The van der Waals surface area contributed by atoms with Gasteiger partial charge < -0.3 is 14.5 Å². The molecule has 0 spiro atoms. The molecule has 0 heterocycles. The summed E-state index contributed by atoms with van der Waals surface area (Å²) < 4.78 is 5.31. The van der Waals surface area contributed by atoms with Crippen molar-refractivity contribution >= 4 is 12.0 Å². The molecule has 0 radical (unpaired) electrons. The van der Waals surface area contributed by atoms with Crippen LogP contribution in [0.25, 0.3) is 0 Å². The number of carbonyl (C=O) groups is 2. The molecule has 0 N–H and O–H groups in total. The first-order valence-corrected chi connectivity index (χ1v) is 8.68. The lowest BCUT2D eigenvalue weighted by atomic mass is 10.1. The summed E-state index contributed by atoms with van der Waals surface area (Å²) >= 11 is 0. The maximum atomic E-state index is 12.4. The molecule has 0 aliphatic heterocycles. The Morgan fingerprint density at radius 3 is 2.04 bits per heavy atom. The van der Waals surface area contributed by atoms with Gasteiger partial charge in [-0.15, -0.1) is 0 Å². The average Bonchev–Trinajstić information content (AvgIpc) is 2.66. The molecule has 0 aliphatic carbocycles. The first-order chi connectivity index (χ1) is 12.5. The van der Waals surface area contributed by atoms with Crippen LogP contribution >= 0.6 is 0 Å². The highest BCUT2D eigenvalue weighted by molar-refractivity contribution is 5.77. The summed E-state index contributed by atoms with van der Waals surface area (Å²) in [5.41, 5.74) is 2.01. The van der Waals surface area contributed by atoms with Crippen LogP contribution in [0.1, 0.15) is 24.5 Å². The van der Waals surface area contributed by atoms with Gasteiger partial charge in [0.25, 0.3) is 0 Å². The van der Waals surface area contributed by atoms with Crippen molar-refractivity contribution in [1.29, 1.82) is 0 Å². The summed E-state index contributed by atoms with van der Waals surface area (Å²) in [7, 11) is 3.43. The maximum Gasteiger partial charge on any atom is 0.410 e. The van der Waals surface area contributed by atoms with E-state index >= 15 is 0 Å². The van der Waals surface area contributed by atoms with E-state index in [1.165, 1.54) is 4.90 Å². The van der Waals surface area contributed by atoms with E-state index in [4.69, 9.17) is 4.74 Å². The van der Waals surface area contributed by atoms with Crippen molar-refractivity contribution in [2.75, 3.05) is 14.1 Å². The molecule has 26 heavy (non-hydrogen) atoms. The highest BCUT2D eigenvalue weighted by Crippen LogP contribution is 2.10. The number of rotatable bonds is 7. The Balaban J connectivity index is 1.80. The van der Waals surface area contributed by atoms with E-state index in [0.717, 1.165) is 11.1 Å². The van der Waals surface area contributed by atoms with Crippen molar-refractivity contribution in [1.82, 2.24) is 9.80 Å². The van der Waals surface area contributed by atoms with Gasteiger partial charge in [0.1, 0.15) is 6.61 Å². The fraction of sp³-hybridized carbons (Fsp3) is 0.333. The van der Waals surface area contributed by atoms with Gasteiger partial charge in [-0.05, 0) is 18.1 Å². The Kier molecular flexibility index (Phi) is 7.21. The van der Waals surface area contributed by atoms with E-state index in [2.05, 4.69) is 0 Å². The Labute approximate surface area is 155 Å². The molecule has 0 bridgehead atoms. The predicted molar refractivity (Wildman–Crippen MR) is 101 cm³/mol. The summed E-state index contributed by atoms with van der Waals surface area (Å²) in [4.78, 5) is 27.7. The zero-order valence-electron chi connectivity index (χ0n) is 15.6. The molecule has 0 fully saturated rings. The van der Waals surface area contributed by atoms with Crippen molar-refractivity contribution in [3.63, 3.8) is 0 Å². The Morgan fingerprint density at radius 1 is 0.923 bits per heavy atom. The molecule has 138 valence electrons. The Hall–Kier alpha value is -2.82. The number of ether oxygens (including phenoxy) is 1. The second kappa shape index (κ2) is 9.61. The van der Waals surface area contributed by atoms with Crippen molar-refractivity contribution in [3.05, 3.63) is 71.8 Å².